The van der Waals surface area contributed by atoms with Crippen LogP contribution in [0.5, 0.6) is 5.75 Å². The molecule has 1 aromatic rings. The van der Waals surface area contributed by atoms with Gasteiger partial charge >= 0.3 is 5.97 Å². The first-order valence-corrected chi connectivity index (χ1v) is 4.58. The van der Waals surface area contributed by atoms with Crippen molar-refractivity contribution >= 4 is 12.0 Å². The lowest BCUT2D eigenvalue weighted by Gasteiger charge is -2.08. The molecule has 0 aliphatic carbocycles. The predicted octanol–water partition coefficient (Wildman–Crippen LogP) is 1.97. The van der Waals surface area contributed by atoms with E-state index in [1.54, 1.807) is 19.1 Å². The van der Waals surface area contributed by atoms with Gasteiger partial charge in [-0.3, -0.25) is 0 Å². The first kappa shape index (κ1) is 11.8. The van der Waals surface area contributed by atoms with Gasteiger partial charge in [0.05, 0.1) is 18.7 Å². The average molecular weight is 217 g/mol. The van der Waals surface area contributed by atoms with Gasteiger partial charge in [-0.1, -0.05) is 0 Å². The summed E-state index contributed by atoms with van der Waals surface area (Å²) in [5, 5.41) is 17.3. The highest BCUT2D eigenvalue weighted by Gasteiger charge is 2.06. The van der Waals surface area contributed by atoms with Crippen LogP contribution in [0.2, 0.25) is 0 Å². The molecule has 16 heavy (non-hydrogen) atoms. The van der Waals surface area contributed by atoms with Crippen LogP contribution in [0.4, 0.5) is 0 Å². The third-order valence-corrected chi connectivity index (χ3v) is 2.09. The van der Waals surface area contributed by atoms with E-state index in [1.807, 2.05) is 6.07 Å². The van der Waals surface area contributed by atoms with E-state index in [0.29, 0.717) is 16.9 Å². The standard InChI is InChI=1S/C12H11NO3/c1-8-5-9(7-13)6-11(16-2)10(8)3-4-12(14)15/h3-6H,1-2H3,(H,14,15)/b4-3+. The Hall–Kier alpha value is -2.28. The average Bonchev–Trinajstić information content (AvgIpc) is 2.26. The minimum Gasteiger partial charge on any atom is -0.496 e. The predicted molar refractivity (Wildman–Crippen MR) is 59.1 cm³/mol. The number of carboxylic acids is 1. The smallest absolute Gasteiger partial charge is 0.328 e. The molecule has 0 aliphatic rings. The molecule has 0 saturated heterocycles. The fourth-order valence-electron chi connectivity index (χ4n) is 1.37. The molecule has 0 atom stereocenters. The number of ether oxygens (including phenoxy) is 1. The molecule has 0 bridgehead atoms. The van der Waals surface area contributed by atoms with Gasteiger partial charge in [0.25, 0.3) is 0 Å². The van der Waals surface area contributed by atoms with Crippen LogP contribution in [-0.2, 0) is 4.79 Å². The molecular formula is C12H11NO3. The Bertz CT molecular complexity index is 484. The maximum atomic E-state index is 10.4. The number of nitrogens with zero attached hydrogens (tertiary/aromatic N) is 1. The van der Waals surface area contributed by atoms with Crippen molar-refractivity contribution in [2.75, 3.05) is 7.11 Å². The van der Waals surface area contributed by atoms with Gasteiger partial charge in [0.15, 0.2) is 0 Å². The molecule has 0 saturated carbocycles. The van der Waals surface area contributed by atoms with Crippen molar-refractivity contribution in [3.05, 3.63) is 34.9 Å². The summed E-state index contributed by atoms with van der Waals surface area (Å²) < 4.78 is 5.11. The summed E-state index contributed by atoms with van der Waals surface area (Å²) in [5.41, 5.74) is 1.96. The number of benzene rings is 1. The summed E-state index contributed by atoms with van der Waals surface area (Å²) in [6.45, 7) is 1.80. The quantitative estimate of drug-likeness (QED) is 0.786. The second-order valence-electron chi connectivity index (χ2n) is 3.19. The fraction of sp³-hybridized carbons (Fsp3) is 0.167. The summed E-state index contributed by atoms with van der Waals surface area (Å²) >= 11 is 0. The van der Waals surface area contributed by atoms with Crippen molar-refractivity contribution in [2.24, 2.45) is 0 Å². The van der Waals surface area contributed by atoms with Crippen molar-refractivity contribution in [3.8, 4) is 11.8 Å². The SMILES string of the molecule is COc1cc(C#N)cc(C)c1/C=C/C(=O)O. The van der Waals surface area contributed by atoms with Gasteiger partial charge in [-0.2, -0.15) is 5.26 Å². The molecule has 0 amide bonds. The van der Waals surface area contributed by atoms with Crippen LogP contribution in [0.3, 0.4) is 0 Å². The molecule has 1 aromatic carbocycles. The van der Waals surface area contributed by atoms with E-state index in [9.17, 15) is 4.79 Å². The largest absolute Gasteiger partial charge is 0.496 e. The Kier molecular flexibility index (Phi) is 3.67. The van der Waals surface area contributed by atoms with Gasteiger partial charge in [-0.25, -0.2) is 4.79 Å². The second kappa shape index (κ2) is 4.99. The van der Waals surface area contributed by atoms with Crippen molar-refractivity contribution in [3.63, 3.8) is 0 Å². The van der Waals surface area contributed by atoms with Crippen LogP contribution in [0, 0.1) is 18.3 Å². The van der Waals surface area contributed by atoms with Gasteiger partial charge in [-0.15, -0.1) is 0 Å². The van der Waals surface area contributed by atoms with Crippen molar-refractivity contribution < 1.29 is 14.6 Å². The first-order chi connectivity index (χ1) is 7.58. The number of hydrogen-bond donors (Lipinski definition) is 1. The zero-order valence-electron chi connectivity index (χ0n) is 9.02. The molecule has 1 rings (SSSR count). The summed E-state index contributed by atoms with van der Waals surface area (Å²) in [5.74, 6) is -0.528. The zero-order valence-corrected chi connectivity index (χ0v) is 9.02. The third-order valence-electron chi connectivity index (χ3n) is 2.09. The van der Waals surface area contributed by atoms with E-state index in [-0.39, 0.29) is 0 Å². The number of hydrogen-bond acceptors (Lipinski definition) is 3. The van der Waals surface area contributed by atoms with E-state index in [1.165, 1.54) is 13.2 Å². The number of rotatable bonds is 3. The number of nitriles is 1. The number of carbonyl (C=O) groups is 1. The highest BCUT2D eigenvalue weighted by Crippen LogP contribution is 2.25. The molecule has 4 heteroatoms. The summed E-state index contributed by atoms with van der Waals surface area (Å²) in [6.07, 6.45) is 2.49. The Morgan fingerprint density at radius 2 is 2.25 bits per heavy atom. The van der Waals surface area contributed by atoms with Crippen LogP contribution < -0.4 is 4.74 Å². The molecule has 0 radical (unpaired) electrons. The highest BCUT2D eigenvalue weighted by molar-refractivity contribution is 5.86. The van der Waals surface area contributed by atoms with E-state index >= 15 is 0 Å². The fourth-order valence-corrected chi connectivity index (χ4v) is 1.37. The Balaban J connectivity index is 3.28. The molecule has 1 N–H and O–H groups in total. The van der Waals surface area contributed by atoms with E-state index in [2.05, 4.69) is 0 Å². The molecule has 0 unspecified atom stereocenters. The van der Waals surface area contributed by atoms with Crippen LogP contribution in [0.15, 0.2) is 18.2 Å². The highest BCUT2D eigenvalue weighted by atomic mass is 16.5. The minimum atomic E-state index is -1.02. The molecule has 0 spiro atoms. The number of aryl methyl sites for hydroxylation is 1. The lowest BCUT2D eigenvalue weighted by molar-refractivity contribution is -0.131. The van der Waals surface area contributed by atoms with Crippen LogP contribution in [-0.4, -0.2) is 18.2 Å². The van der Waals surface area contributed by atoms with E-state index in [0.717, 1.165) is 11.6 Å². The first-order valence-electron chi connectivity index (χ1n) is 4.58. The monoisotopic (exact) mass is 217 g/mol. The molecule has 82 valence electrons. The van der Waals surface area contributed by atoms with Crippen molar-refractivity contribution in [1.29, 1.82) is 5.26 Å². The molecule has 0 aromatic heterocycles. The number of aliphatic carboxylic acids is 1. The van der Waals surface area contributed by atoms with E-state index in [4.69, 9.17) is 15.1 Å². The molecule has 0 fully saturated rings. The maximum Gasteiger partial charge on any atom is 0.328 e. The third kappa shape index (κ3) is 2.61. The lowest BCUT2D eigenvalue weighted by Crippen LogP contribution is -1.93. The summed E-state index contributed by atoms with van der Waals surface area (Å²) in [7, 11) is 1.48. The Labute approximate surface area is 93.4 Å². The van der Waals surface area contributed by atoms with Gasteiger partial charge < -0.3 is 9.84 Å². The summed E-state index contributed by atoms with van der Waals surface area (Å²) in [4.78, 5) is 10.4. The van der Waals surface area contributed by atoms with Crippen molar-refractivity contribution in [1.82, 2.24) is 0 Å². The number of carboxylic acid groups (broad SMARTS) is 1. The number of methoxy groups -OCH3 is 1. The molecule has 4 nitrogen and oxygen atoms in total. The van der Waals surface area contributed by atoms with Crippen LogP contribution in [0.25, 0.3) is 6.08 Å². The lowest BCUT2D eigenvalue weighted by atomic mass is 10.0. The van der Waals surface area contributed by atoms with Gasteiger partial charge in [0, 0.05) is 11.6 Å². The zero-order chi connectivity index (χ0) is 12.1. The molecule has 0 aliphatic heterocycles. The second-order valence-corrected chi connectivity index (χ2v) is 3.19. The molecule has 0 heterocycles. The van der Waals surface area contributed by atoms with E-state index < -0.39 is 5.97 Å². The minimum absolute atomic E-state index is 0.488. The Morgan fingerprint density at radius 1 is 1.56 bits per heavy atom. The normalized spacial score (nSPS) is 10.1. The van der Waals surface area contributed by atoms with Gasteiger partial charge in [-0.05, 0) is 30.7 Å². The Morgan fingerprint density at radius 3 is 2.75 bits per heavy atom. The van der Waals surface area contributed by atoms with Gasteiger partial charge in [0.1, 0.15) is 5.75 Å². The maximum absolute atomic E-state index is 10.4. The van der Waals surface area contributed by atoms with Crippen LogP contribution in [0.1, 0.15) is 16.7 Å². The van der Waals surface area contributed by atoms with Gasteiger partial charge in [0.2, 0.25) is 0 Å². The topological polar surface area (TPSA) is 70.3 Å². The van der Waals surface area contributed by atoms with Crippen molar-refractivity contribution in [2.45, 2.75) is 6.92 Å². The molecular weight excluding hydrogens is 206 g/mol. The summed E-state index contributed by atoms with van der Waals surface area (Å²) in [6, 6.07) is 5.28. The van der Waals surface area contributed by atoms with Crippen LogP contribution >= 0.6 is 0 Å².